The van der Waals surface area contributed by atoms with Crippen molar-refractivity contribution in [2.45, 2.75) is 182 Å². The number of piperazine rings is 2. The minimum Gasteiger partial charge on any atom is -0.391 e. The molecule has 107 heavy (non-hydrogen) atoms. The van der Waals surface area contributed by atoms with E-state index in [1.54, 1.807) is 41.1 Å². The van der Waals surface area contributed by atoms with Crippen molar-refractivity contribution in [2.75, 3.05) is 74.9 Å². The number of sulfone groups is 1. The number of benzene rings is 5. The number of amides is 5. The van der Waals surface area contributed by atoms with E-state index in [4.69, 9.17) is 11.6 Å². The third-order valence-electron chi connectivity index (χ3n) is 21.1. The number of fused-ring (bicyclic) bond motifs is 2. The molecule has 5 aromatic carbocycles. The number of alkyl halides is 3. The Balaban J connectivity index is 0.655. The summed E-state index contributed by atoms with van der Waals surface area (Å²) in [6.07, 6.45) is 4.47. The topological polar surface area (TPSA) is 251 Å². The van der Waals surface area contributed by atoms with Crippen LogP contribution in [0.1, 0.15) is 145 Å². The molecule has 5 amide bonds. The van der Waals surface area contributed by atoms with Gasteiger partial charge in [-0.25, -0.2) is 30.9 Å². The van der Waals surface area contributed by atoms with Gasteiger partial charge in [-0.15, -0.1) is 23.1 Å². The van der Waals surface area contributed by atoms with Gasteiger partial charge in [0.15, 0.2) is 0 Å². The molecule has 0 radical (unpaired) electrons. The number of halogens is 5. The number of likely N-dealkylation sites (tertiary alicyclic amines) is 3. The summed E-state index contributed by atoms with van der Waals surface area (Å²) in [6, 6.07) is 27.2. The standard InChI is InChI=1S/C78H95ClF4N10O10S4/c1-49(51-18-20-52(21-19-51)71-50(2)84-48-105-71)85-74(98)67-40-60(94)46-93(67)75(99)72(76(3,4)5)87-69(95)16-12-9-13-17-70(96)92-45-58-39-59(92)44-91(58)33-31-56(47-104-61-14-10-8-11-15-61)86-66-29-27-62(41-68(66)106(100,101)78(81,82)83)107(102,103)88-73(97)53-22-25-57(26-23-53)90-36-34-89(35-37-90)43-54-42-77(6,7)32-30-63(54)64-28-24-55(79)38-65(64)80/h8,10-11,14-15,18-29,38,41,48-49,56,58-60,67,72,86,94H,9,12-13,16-17,30-37,39-40,42-47H2,1-7H3,(H,85,98)(H,87,95)(H,88,97)/t49-,56+,58?,59?,60+,67-,72+/m0/s1. The maximum absolute atomic E-state index is 15.2. The van der Waals surface area contributed by atoms with Crippen LogP contribution in [0, 0.1) is 23.6 Å². The van der Waals surface area contributed by atoms with Gasteiger partial charge in [-0.2, -0.15) is 13.2 Å². The number of allylic oxidation sites excluding steroid dienone is 1. The van der Waals surface area contributed by atoms with Crippen molar-refractivity contribution >= 4 is 101 Å². The number of sulfonamides is 1. The molecule has 5 aliphatic rings. The Kier molecular flexibility index (Phi) is 25.5. The van der Waals surface area contributed by atoms with E-state index >= 15 is 4.39 Å². The van der Waals surface area contributed by atoms with E-state index in [2.05, 4.69) is 49.5 Å². The molecule has 0 spiro atoms. The zero-order chi connectivity index (χ0) is 76.9. The Bertz CT molecular complexity index is 4480. The molecule has 29 heteroatoms. The van der Waals surface area contributed by atoms with Crippen LogP contribution in [0.2, 0.25) is 5.02 Å². The Labute approximate surface area is 637 Å². The van der Waals surface area contributed by atoms with Crippen molar-refractivity contribution in [3.05, 3.63) is 160 Å². The zero-order valence-corrected chi connectivity index (χ0v) is 65.3. The number of aliphatic hydroxyl groups excluding tert-OH is 1. The Hall–Kier alpha value is -7.44. The molecule has 5 heterocycles. The highest BCUT2D eigenvalue weighted by Crippen LogP contribution is 2.45. The highest BCUT2D eigenvalue weighted by atomic mass is 35.5. The van der Waals surface area contributed by atoms with Crippen LogP contribution in [-0.2, 0) is 39.0 Å². The number of thiazole rings is 1. The van der Waals surface area contributed by atoms with Crippen LogP contribution in [0.4, 0.5) is 28.9 Å². The first-order chi connectivity index (χ1) is 50.6. The summed E-state index contributed by atoms with van der Waals surface area (Å²) < 4.78 is 116. The van der Waals surface area contributed by atoms with Gasteiger partial charge in [-0.1, -0.05) is 107 Å². The van der Waals surface area contributed by atoms with Crippen LogP contribution in [0.15, 0.2) is 141 Å². The van der Waals surface area contributed by atoms with Gasteiger partial charge in [0.25, 0.3) is 25.8 Å². The largest absolute Gasteiger partial charge is 0.501 e. The predicted octanol–water partition coefficient (Wildman–Crippen LogP) is 12.7. The quantitative estimate of drug-likeness (QED) is 0.0174. The van der Waals surface area contributed by atoms with Gasteiger partial charge < -0.3 is 35.8 Å². The first-order valence-electron chi connectivity index (χ1n) is 36.4. The van der Waals surface area contributed by atoms with Gasteiger partial charge in [0, 0.05) is 129 Å². The van der Waals surface area contributed by atoms with E-state index in [0.717, 1.165) is 69.2 Å². The molecule has 1 aromatic heterocycles. The van der Waals surface area contributed by atoms with Crippen molar-refractivity contribution < 1.29 is 63.5 Å². The summed E-state index contributed by atoms with van der Waals surface area (Å²) in [5.74, 6) is -2.44. The minimum atomic E-state index is -6.20. The van der Waals surface area contributed by atoms with Gasteiger partial charge >= 0.3 is 5.51 Å². The number of rotatable bonds is 28. The number of hydrogen-bond acceptors (Lipinski definition) is 17. The summed E-state index contributed by atoms with van der Waals surface area (Å²) >= 11 is 9.04. The molecule has 11 rings (SSSR count). The monoisotopic (exact) mass is 1570 g/mol. The summed E-state index contributed by atoms with van der Waals surface area (Å²) in [4.78, 5) is 83.0. The van der Waals surface area contributed by atoms with Gasteiger partial charge in [0.2, 0.25) is 23.6 Å². The first kappa shape index (κ1) is 80.6. The highest BCUT2D eigenvalue weighted by molar-refractivity contribution is 7.99. The number of nitrogens with one attached hydrogen (secondary N) is 4. The molecule has 4 fully saturated rings. The number of unbranched alkanes of at least 4 members (excludes halogenated alkanes) is 2. The number of β-amino-alcohol motifs (C(OH)–C–C–N with tert-alkyl or cyclic N) is 1. The van der Waals surface area contributed by atoms with Crippen molar-refractivity contribution in [3.8, 4) is 10.4 Å². The second-order valence-electron chi connectivity index (χ2n) is 30.7. The Morgan fingerprint density at radius 3 is 2.18 bits per heavy atom. The fourth-order valence-corrected chi connectivity index (χ4v) is 19.2. The van der Waals surface area contributed by atoms with Crippen molar-refractivity contribution in [1.29, 1.82) is 0 Å². The van der Waals surface area contributed by atoms with E-state index in [0.29, 0.717) is 101 Å². The van der Waals surface area contributed by atoms with E-state index in [9.17, 15) is 59.1 Å². The number of aliphatic hydroxyl groups is 1. The first-order valence-corrected chi connectivity index (χ1v) is 41.6. The fourth-order valence-electron chi connectivity index (χ4n) is 15.2. The van der Waals surface area contributed by atoms with Gasteiger partial charge in [0.05, 0.1) is 38.8 Å². The highest BCUT2D eigenvalue weighted by Gasteiger charge is 2.50. The Morgan fingerprint density at radius 1 is 0.813 bits per heavy atom. The number of anilines is 2. The smallest absolute Gasteiger partial charge is 0.391 e. The molecular weight excluding hydrogens is 1480 g/mol. The van der Waals surface area contributed by atoms with Crippen molar-refractivity contribution in [2.24, 2.45) is 10.8 Å². The van der Waals surface area contributed by atoms with E-state index in [1.807, 2.05) is 98.8 Å². The minimum absolute atomic E-state index is 0.0251. The van der Waals surface area contributed by atoms with E-state index in [1.165, 1.54) is 40.4 Å². The van der Waals surface area contributed by atoms with Gasteiger partial charge in [-0.3, -0.25) is 33.8 Å². The average Bonchev–Trinajstić information content (AvgIpc) is 1.68. The third kappa shape index (κ3) is 19.8. The number of carbonyl (C=O) groups is 5. The number of carbonyl (C=O) groups excluding carboxylic acids is 5. The predicted molar refractivity (Wildman–Crippen MR) is 410 cm³/mol. The molecule has 2 bridgehead atoms. The molecule has 6 aromatic rings. The molecule has 4 saturated heterocycles. The third-order valence-corrected chi connectivity index (χ3v) is 26.4. The normalized spacial score (nSPS) is 20.3. The van der Waals surface area contributed by atoms with Gasteiger partial charge in [0.1, 0.15) is 22.8 Å². The number of nitrogens with zero attached hydrogens (tertiary/aromatic N) is 6. The van der Waals surface area contributed by atoms with Crippen LogP contribution in [0.5, 0.6) is 0 Å². The van der Waals surface area contributed by atoms with Gasteiger partial charge in [-0.05, 0) is 153 Å². The van der Waals surface area contributed by atoms with E-state index < -0.39 is 94.3 Å². The number of aromatic nitrogens is 1. The zero-order valence-electron chi connectivity index (χ0n) is 61.3. The molecule has 20 nitrogen and oxygen atoms in total. The molecule has 7 atom stereocenters. The van der Waals surface area contributed by atoms with Crippen LogP contribution in [0.25, 0.3) is 16.0 Å². The van der Waals surface area contributed by atoms with E-state index in [-0.39, 0.29) is 72.3 Å². The lowest BCUT2D eigenvalue weighted by molar-refractivity contribution is -0.144. The molecule has 5 N–H and O–H groups in total. The second-order valence-corrected chi connectivity index (χ2v) is 36.7. The lowest BCUT2D eigenvalue weighted by Gasteiger charge is -2.39. The number of hydrogen-bond donors (Lipinski definition) is 5. The summed E-state index contributed by atoms with van der Waals surface area (Å²) in [7, 11) is -11.2. The molecule has 2 unspecified atom stereocenters. The van der Waals surface area contributed by atoms with Crippen LogP contribution in [0.3, 0.4) is 0 Å². The lowest BCUT2D eigenvalue weighted by Crippen LogP contribution is -2.57. The van der Waals surface area contributed by atoms with Crippen molar-refractivity contribution in [1.82, 2.24) is 39.9 Å². The SMILES string of the molecule is Cc1ncsc1-c1ccc([C@H](C)NC(=O)[C@@H]2C[C@@H](O)CN2C(=O)[C@@H](NC(=O)CCCCCC(=O)N2CC3CC2CN3CC[C@H](CSc2ccccc2)Nc2ccc(S(=O)(=O)NC(=O)c3ccc(N4CCN(CC5=C(c6ccc(Cl)cc6F)CCC(C)(C)C5)CC4)cc3)cc2S(=O)(=O)C(F)(F)F)C(C)(C)C)cc1. The maximum atomic E-state index is 15.2. The van der Waals surface area contributed by atoms with Crippen LogP contribution < -0.4 is 25.6 Å². The van der Waals surface area contributed by atoms with Crippen molar-refractivity contribution in [3.63, 3.8) is 0 Å². The molecule has 4 aliphatic heterocycles. The summed E-state index contributed by atoms with van der Waals surface area (Å²) in [5, 5.41) is 20.1. The molecular formula is C78H95ClF4N10O10S4. The summed E-state index contributed by atoms with van der Waals surface area (Å²) in [5.41, 5.74) is 1.07. The summed E-state index contributed by atoms with van der Waals surface area (Å²) in [6.45, 7) is 18.4. The number of aryl methyl sites for hydroxylation is 1. The van der Waals surface area contributed by atoms with Crippen LogP contribution >= 0.6 is 34.7 Å². The molecule has 1 aliphatic carbocycles. The number of thioether (sulfide) groups is 1. The fraction of sp³-hybridized carbons (Fsp3) is 0.487. The Morgan fingerprint density at radius 2 is 1.52 bits per heavy atom. The maximum Gasteiger partial charge on any atom is 0.501 e. The average molecular weight is 1570 g/mol. The second kappa shape index (κ2) is 33.8. The van der Waals surface area contributed by atoms with Crippen LogP contribution in [-0.4, -0.2) is 183 Å². The molecule has 576 valence electrons. The lowest BCUT2D eigenvalue weighted by atomic mass is 9.72. The molecule has 0 saturated carbocycles.